The van der Waals surface area contributed by atoms with E-state index in [1.54, 1.807) is 7.11 Å². The molecule has 2 N–H and O–H groups in total. The molecule has 2 aliphatic rings. The van der Waals surface area contributed by atoms with Crippen molar-refractivity contribution in [1.82, 2.24) is 15.2 Å². The van der Waals surface area contributed by atoms with Crippen molar-refractivity contribution in [1.29, 1.82) is 0 Å². The number of benzene rings is 2. The first kappa shape index (κ1) is 27.0. The number of nitrogens with one attached hydrogen (secondary N) is 2. The third-order valence-electron chi connectivity index (χ3n) is 8.28. The van der Waals surface area contributed by atoms with Gasteiger partial charge < -0.3 is 24.7 Å². The Morgan fingerprint density at radius 3 is 2.56 bits per heavy atom. The number of methoxy groups -OCH3 is 1. The van der Waals surface area contributed by atoms with E-state index in [-0.39, 0.29) is 24.4 Å². The van der Waals surface area contributed by atoms with Crippen LogP contribution in [0.15, 0.2) is 59.9 Å². The van der Waals surface area contributed by atoms with Gasteiger partial charge in [0.15, 0.2) is 0 Å². The molecule has 1 fully saturated rings. The van der Waals surface area contributed by atoms with Gasteiger partial charge in [0, 0.05) is 47.8 Å². The zero-order chi connectivity index (χ0) is 27.7. The average molecular weight is 530 g/mol. The molecular formula is C32H39N3O4. The Morgan fingerprint density at radius 1 is 1.15 bits per heavy atom. The first-order valence-corrected chi connectivity index (χ1v) is 13.8. The largest absolute Gasteiger partial charge is 0.500 e. The molecule has 1 saturated heterocycles. The lowest BCUT2D eigenvalue weighted by Gasteiger charge is -2.33. The molecule has 3 heterocycles. The summed E-state index contributed by atoms with van der Waals surface area (Å²) in [5.74, 6) is 0.684. The Labute approximate surface area is 230 Å². The van der Waals surface area contributed by atoms with Crippen molar-refractivity contribution >= 4 is 22.7 Å². The van der Waals surface area contributed by atoms with Crippen LogP contribution in [0.1, 0.15) is 62.1 Å². The van der Waals surface area contributed by atoms with Gasteiger partial charge in [-0.3, -0.25) is 9.59 Å². The maximum atomic E-state index is 13.8. The average Bonchev–Trinajstić information content (AvgIpc) is 3.23. The van der Waals surface area contributed by atoms with Gasteiger partial charge in [-0.15, -0.1) is 0 Å². The fraction of sp³-hybridized carbons (Fsp3) is 0.438. The number of rotatable bonds is 7. The molecule has 0 aliphatic carbocycles. The van der Waals surface area contributed by atoms with Gasteiger partial charge in [-0.25, -0.2) is 0 Å². The lowest BCUT2D eigenvalue weighted by atomic mass is 9.92. The van der Waals surface area contributed by atoms with Crippen LogP contribution in [-0.2, 0) is 14.3 Å². The van der Waals surface area contributed by atoms with Crippen molar-refractivity contribution in [2.45, 2.75) is 58.5 Å². The van der Waals surface area contributed by atoms with Gasteiger partial charge in [-0.2, -0.15) is 0 Å². The molecule has 0 bridgehead atoms. The maximum Gasteiger partial charge on any atom is 0.254 e. The molecule has 2 aromatic carbocycles. The Bertz CT molecular complexity index is 1410. The van der Waals surface area contributed by atoms with Crippen LogP contribution in [0.25, 0.3) is 22.0 Å². The summed E-state index contributed by atoms with van der Waals surface area (Å²) < 4.78 is 13.5. The molecule has 0 spiro atoms. The van der Waals surface area contributed by atoms with E-state index in [1.807, 2.05) is 39.0 Å². The molecule has 206 valence electrons. The lowest BCUT2D eigenvalue weighted by Crippen LogP contribution is -2.50. The second kappa shape index (κ2) is 10.9. The number of carbonyl (C=O) groups is 2. The molecule has 7 nitrogen and oxygen atoms in total. The van der Waals surface area contributed by atoms with E-state index >= 15 is 0 Å². The summed E-state index contributed by atoms with van der Waals surface area (Å²) >= 11 is 0. The van der Waals surface area contributed by atoms with Crippen molar-refractivity contribution < 1.29 is 19.1 Å². The highest BCUT2D eigenvalue weighted by Crippen LogP contribution is 2.37. The van der Waals surface area contributed by atoms with Crippen LogP contribution in [0.3, 0.4) is 0 Å². The molecule has 0 saturated carbocycles. The minimum atomic E-state index is -0.392. The Balaban J connectivity index is 1.53. The number of nitrogens with zero attached hydrogens (tertiary/aromatic N) is 1. The highest BCUT2D eigenvalue weighted by atomic mass is 16.5. The first-order chi connectivity index (χ1) is 18.7. The number of fused-ring (bicyclic) bond motifs is 1. The summed E-state index contributed by atoms with van der Waals surface area (Å²) in [6, 6.07) is 16.9. The molecule has 2 amide bonds. The van der Waals surface area contributed by atoms with Crippen LogP contribution in [0.2, 0.25) is 0 Å². The van der Waals surface area contributed by atoms with Crippen molar-refractivity contribution in [3.63, 3.8) is 0 Å². The van der Waals surface area contributed by atoms with Crippen LogP contribution < -0.4 is 10.6 Å². The molecule has 1 aromatic heterocycles. The summed E-state index contributed by atoms with van der Waals surface area (Å²) in [5.41, 5.74) is 4.96. The molecule has 39 heavy (non-hydrogen) atoms. The number of ether oxygens (including phenoxy) is 2. The Kier molecular flexibility index (Phi) is 7.54. The normalized spacial score (nSPS) is 18.6. The van der Waals surface area contributed by atoms with E-state index < -0.39 is 5.54 Å². The van der Waals surface area contributed by atoms with Gasteiger partial charge in [0.2, 0.25) is 0 Å². The molecule has 2 aliphatic heterocycles. The van der Waals surface area contributed by atoms with Crippen molar-refractivity contribution in [2.24, 2.45) is 5.92 Å². The summed E-state index contributed by atoms with van der Waals surface area (Å²) in [6.45, 7) is 9.85. The zero-order valence-corrected chi connectivity index (χ0v) is 23.6. The standard InChI is InChI=1S/C32H39N3O4/c1-20(22-13-15-39-16-14-22)35-21(2)29(25-12-11-24(17-27(25)35)23-9-7-6-8-10-23)31(37)33-19-26-28(38-5)18-32(3,4)34-30(26)36/h6-12,17,20,22H,13-16,18-19H2,1-5H3,(H,33,37)(H,34,36). The second-order valence-electron chi connectivity index (χ2n) is 11.4. The van der Waals surface area contributed by atoms with Crippen LogP contribution in [0.5, 0.6) is 0 Å². The molecule has 0 radical (unpaired) electrons. The molecular weight excluding hydrogens is 490 g/mol. The molecule has 5 rings (SSSR count). The fourth-order valence-corrected chi connectivity index (χ4v) is 6.16. The molecule has 7 heteroatoms. The highest BCUT2D eigenvalue weighted by molar-refractivity contribution is 6.09. The van der Waals surface area contributed by atoms with Gasteiger partial charge in [0.1, 0.15) is 5.76 Å². The van der Waals surface area contributed by atoms with Gasteiger partial charge in [-0.1, -0.05) is 42.5 Å². The van der Waals surface area contributed by atoms with Crippen LogP contribution in [0, 0.1) is 12.8 Å². The quantitative estimate of drug-likeness (QED) is 0.422. The summed E-state index contributed by atoms with van der Waals surface area (Å²) in [4.78, 5) is 26.6. The van der Waals surface area contributed by atoms with Crippen molar-refractivity contribution in [3.05, 3.63) is 71.1 Å². The SMILES string of the molecule is COC1=C(CNC(=O)c2c(C)n(C(C)C3CCOCC3)c3cc(-c4ccccc4)ccc23)C(=O)NC(C)(C)C1. The van der Waals surface area contributed by atoms with Crippen molar-refractivity contribution in [2.75, 3.05) is 26.9 Å². The fourth-order valence-electron chi connectivity index (χ4n) is 6.16. The summed E-state index contributed by atoms with van der Waals surface area (Å²) in [6.07, 6.45) is 2.57. The van der Waals surface area contributed by atoms with E-state index in [9.17, 15) is 9.59 Å². The highest BCUT2D eigenvalue weighted by Gasteiger charge is 2.33. The molecule has 1 atom stereocenters. The van der Waals surface area contributed by atoms with Crippen LogP contribution in [-0.4, -0.2) is 48.8 Å². The smallest absolute Gasteiger partial charge is 0.254 e. The molecule has 3 aromatic rings. The van der Waals surface area contributed by atoms with Gasteiger partial charge in [0.05, 0.1) is 24.8 Å². The number of hydrogen-bond donors (Lipinski definition) is 2. The van der Waals surface area contributed by atoms with Gasteiger partial charge in [0.25, 0.3) is 11.8 Å². The lowest BCUT2D eigenvalue weighted by molar-refractivity contribution is -0.120. The third kappa shape index (κ3) is 5.33. The zero-order valence-electron chi connectivity index (χ0n) is 23.6. The number of amides is 2. The molecule has 1 unspecified atom stereocenters. The van der Waals surface area contributed by atoms with Crippen LogP contribution in [0.4, 0.5) is 0 Å². The number of aromatic nitrogens is 1. The van der Waals surface area contributed by atoms with Gasteiger partial charge in [-0.05, 0) is 63.6 Å². The Morgan fingerprint density at radius 2 is 1.87 bits per heavy atom. The predicted octanol–water partition coefficient (Wildman–Crippen LogP) is 5.53. The van der Waals surface area contributed by atoms with E-state index in [2.05, 4.69) is 52.5 Å². The second-order valence-corrected chi connectivity index (χ2v) is 11.4. The first-order valence-electron chi connectivity index (χ1n) is 13.8. The topological polar surface area (TPSA) is 81.6 Å². The summed E-state index contributed by atoms with van der Waals surface area (Å²) in [7, 11) is 1.58. The third-order valence-corrected chi connectivity index (χ3v) is 8.28. The number of carbonyl (C=O) groups excluding carboxylic acids is 2. The maximum absolute atomic E-state index is 13.8. The predicted molar refractivity (Wildman–Crippen MR) is 154 cm³/mol. The minimum absolute atomic E-state index is 0.105. The summed E-state index contributed by atoms with van der Waals surface area (Å²) in [5, 5.41) is 6.96. The van der Waals surface area contributed by atoms with E-state index in [4.69, 9.17) is 9.47 Å². The Hall–Kier alpha value is -3.58. The number of hydrogen-bond acceptors (Lipinski definition) is 4. The van der Waals surface area contributed by atoms with Gasteiger partial charge >= 0.3 is 0 Å². The van der Waals surface area contributed by atoms with E-state index in [0.29, 0.717) is 29.2 Å². The van der Waals surface area contributed by atoms with E-state index in [0.717, 1.165) is 53.8 Å². The van der Waals surface area contributed by atoms with E-state index in [1.165, 1.54) is 0 Å². The van der Waals surface area contributed by atoms with Crippen LogP contribution >= 0.6 is 0 Å². The van der Waals surface area contributed by atoms with Crippen molar-refractivity contribution in [3.8, 4) is 11.1 Å². The monoisotopic (exact) mass is 529 g/mol. The minimum Gasteiger partial charge on any atom is -0.500 e.